The van der Waals surface area contributed by atoms with Crippen LogP contribution in [-0.2, 0) is 0 Å². The summed E-state index contributed by atoms with van der Waals surface area (Å²) in [6.45, 7) is 1.69. The molecule has 0 aromatic heterocycles. The van der Waals surface area contributed by atoms with E-state index in [1.165, 1.54) is 19.2 Å². The second-order valence-electron chi connectivity index (χ2n) is 3.51. The summed E-state index contributed by atoms with van der Waals surface area (Å²) >= 11 is 0. The normalized spacial score (nSPS) is 11.6. The van der Waals surface area contributed by atoms with Crippen LogP contribution in [0.25, 0.3) is 0 Å². The van der Waals surface area contributed by atoms with Crippen LogP contribution in [0, 0.1) is 17.2 Å². The average Bonchev–Trinajstić information content (AvgIpc) is 2.28. The van der Waals surface area contributed by atoms with E-state index in [2.05, 4.69) is 0 Å². The van der Waals surface area contributed by atoms with E-state index in [0.29, 0.717) is 11.3 Å². The SMILES string of the molecule is COc1ccc(C(=O)C(C)CC#N)cc1O. The Morgan fingerprint density at radius 1 is 1.62 bits per heavy atom. The first-order chi connectivity index (χ1) is 7.60. The molecule has 0 aliphatic carbocycles. The summed E-state index contributed by atoms with van der Waals surface area (Å²) in [4.78, 5) is 11.8. The Kier molecular flexibility index (Phi) is 3.90. The predicted molar refractivity (Wildman–Crippen MR) is 58.4 cm³/mol. The highest BCUT2D eigenvalue weighted by Crippen LogP contribution is 2.27. The highest BCUT2D eigenvalue weighted by Gasteiger charge is 2.16. The number of phenols is 1. The third-order valence-corrected chi connectivity index (χ3v) is 2.31. The van der Waals surface area contributed by atoms with E-state index in [1.54, 1.807) is 13.0 Å². The summed E-state index contributed by atoms with van der Waals surface area (Å²) in [5, 5.41) is 18.0. The minimum Gasteiger partial charge on any atom is -0.504 e. The summed E-state index contributed by atoms with van der Waals surface area (Å²) < 4.78 is 4.87. The Hall–Kier alpha value is -2.02. The van der Waals surface area contributed by atoms with E-state index in [9.17, 15) is 9.90 Å². The zero-order valence-electron chi connectivity index (χ0n) is 9.23. The van der Waals surface area contributed by atoms with Crippen LogP contribution in [-0.4, -0.2) is 18.0 Å². The fourth-order valence-electron chi connectivity index (χ4n) is 1.36. The molecule has 0 bridgehead atoms. The lowest BCUT2D eigenvalue weighted by Gasteiger charge is -2.08. The lowest BCUT2D eigenvalue weighted by atomic mass is 9.97. The van der Waals surface area contributed by atoms with Gasteiger partial charge in [0.2, 0.25) is 0 Å². The molecule has 0 fully saturated rings. The molecule has 1 aromatic carbocycles. The van der Waals surface area contributed by atoms with Crippen LogP contribution in [0.4, 0.5) is 0 Å². The van der Waals surface area contributed by atoms with Crippen LogP contribution in [0.5, 0.6) is 11.5 Å². The number of phenolic OH excluding ortho intramolecular Hbond substituents is 1. The molecule has 0 aliphatic rings. The standard InChI is InChI=1S/C12H13NO3/c1-8(5-6-13)12(15)9-3-4-11(16-2)10(14)7-9/h3-4,7-8,14H,5H2,1-2H3. The molecule has 0 radical (unpaired) electrons. The number of aromatic hydroxyl groups is 1. The van der Waals surface area contributed by atoms with Crippen LogP contribution >= 0.6 is 0 Å². The number of hydrogen-bond donors (Lipinski definition) is 1. The third kappa shape index (κ3) is 2.51. The number of nitrogens with zero attached hydrogens (tertiary/aromatic N) is 1. The van der Waals surface area contributed by atoms with Crippen LogP contribution in [0.1, 0.15) is 23.7 Å². The molecule has 0 heterocycles. The first-order valence-corrected chi connectivity index (χ1v) is 4.88. The van der Waals surface area contributed by atoms with Gasteiger partial charge in [0.15, 0.2) is 17.3 Å². The van der Waals surface area contributed by atoms with Crippen LogP contribution in [0.15, 0.2) is 18.2 Å². The predicted octanol–water partition coefficient (Wildman–Crippen LogP) is 2.13. The zero-order chi connectivity index (χ0) is 12.1. The molecule has 0 amide bonds. The maximum Gasteiger partial charge on any atom is 0.166 e. The highest BCUT2D eigenvalue weighted by atomic mass is 16.5. The highest BCUT2D eigenvalue weighted by molar-refractivity contribution is 5.98. The number of ketones is 1. The van der Waals surface area contributed by atoms with Gasteiger partial charge in [0.1, 0.15) is 0 Å². The minimum atomic E-state index is -0.363. The number of Topliss-reactive ketones (excluding diaryl/α,β-unsaturated/α-hetero) is 1. The summed E-state index contributed by atoms with van der Waals surface area (Å²) in [5.74, 6) is -0.265. The Morgan fingerprint density at radius 3 is 2.81 bits per heavy atom. The van der Waals surface area contributed by atoms with Gasteiger partial charge in [0.05, 0.1) is 13.2 Å². The van der Waals surface area contributed by atoms with Crippen molar-refractivity contribution in [1.29, 1.82) is 5.26 Å². The van der Waals surface area contributed by atoms with Gasteiger partial charge in [0.25, 0.3) is 0 Å². The van der Waals surface area contributed by atoms with Gasteiger partial charge in [-0.05, 0) is 18.2 Å². The van der Waals surface area contributed by atoms with Crippen molar-refractivity contribution in [2.75, 3.05) is 7.11 Å². The molecule has 1 unspecified atom stereocenters. The van der Waals surface area contributed by atoms with Crippen molar-refractivity contribution in [2.24, 2.45) is 5.92 Å². The quantitative estimate of drug-likeness (QED) is 0.787. The molecule has 84 valence electrons. The molecular weight excluding hydrogens is 206 g/mol. The molecular formula is C12H13NO3. The van der Waals surface area contributed by atoms with Crippen molar-refractivity contribution in [1.82, 2.24) is 0 Å². The molecule has 1 atom stereocenters. The van der Waals surface area contributed by atoms with E-state index in [4.69, 9.17) is 10.00 Å². The number of hydrogen-bond acceptors (Lipinski definition) is 4. The van der Waals surface area contributed by atoms with Gasteiger partial charge in [-0.3, -0.25) is 4.79 Å². The third-order valence-electron chi connectivity index (χ3n) is 2.31. The van der Waals surface area contributed by atoms with E-state index in [1.807, 2.05) is 6.07 Å². The van der Waals surface area contributed by atoms with E-state index >= 15 is 0 Å². The maximum absolute atomic E-state index is 11.8. The Morgan fingerprint density at radius 2 is 2.31 bits per heavy atom. The van der Waals surface area contributed by atoms with Gasteiger partial charge in [-0.25, -0.2) is 0 Å². The number of carbonyl (C=O) groups is 1. The number of carbonyl (C=O) groups excluding carboxylic acids is 1. The molecule has 1 N–H and O–H groups in total. The Bertz CT molecular complexity index is 434. The molecule has 1 rings (SSSR count). The van der Waals surface area contributed by atoms with E-state index in [0.717, 1.165) is 0 Å². The maximum atomic E-state index is 11.8. The van der Waals surface area contributed by atoms with Gasteiger partial charge in [-0.1, -0.05) is 6.92 Å². The number of benzene rings is 1. The van der Waals surface area contributed by atoms with Crippen molar-refractivity contribution < 1.29 is 14.6 Å². The van der Waals surface area contributed by atoms with E-state index < -0.39 is 0 Å². The summed E-state index contributed by atoms with van der Waals surface area (Å²) in [6, 6.07) is 6.41. The van der Waals surface area contributed by atoms with Gasteiger partial charge in [-0.2, -0.15) is 5.26 Å². The fraction of sp³-hybridized carbons (Fsp3) is 0.333. The number of ether oxygens (including phenoxy) is 1. The number of methoxy groups -OCH3 is 1. The Labute approximate surface area is 94.1 Å². The summed E-state index contributed by atoms with van der Waals surface area (Å²) in [5.41, 5.74) is 0.390. The number of rotatable bonds is 4. The minimum absolute atomic E-state index is 0.0718. The largest absolute Gasteiger partial charge is 0.504 e. The average molecular weight is 219 g/mol. The molecule has 4 nitrogen and oxygen atoms in total. The van der Waals surface area contributed by atoms with Gasteiger partial charge in [-0.15, -0.1) is 0 Å². The van der Waals surface area contributed by atoms with Crippen molar-refractivity contribution in [3.05, 3.63) is 23.8 Å². The topological polar surface area (TPSA) is 70.3 Å². The first kappa shape index (κ1) is 12.1. The smallest absolute Gasteiger partial charge is 0.166 e. The molecule has 0 saturated heterocycles. The van der Waals surface area contributed by atoms with Crippen LogP contribution in [0.3, 0.4) is 0 Å². The van der Waals surface area contributed by atoms with E-state index in [-0.39, 0.29) is 23.9 Å². The molecule has 0 aliphatic heterocycles. The first-order valence-electron chi connectivity index (χ1n) is 4.88. The van der Waals surface area contributed by atoms with Gasteiger partial charge >= 0.3 is 0 Å². The van der Waals surface area contributed by atoms with Crippen molar-refractivity contribution in [3.8, 4) is 17.6 Å². The van der Waals surface area contributed by atoms with Crippen molar-refractivity contribution >= 4 is 5.78 Å². The van der Waals surface area contributed by atoms with Gasteiger partial charge in [0, 0.05) is 17.9 Å². The molecule has 4 heteroatoms. The van der Waals surface area contributed by atoms with Crippen molar-refractivity contribution in [3.63, 3.8) is 0 Å². The zero-order valence-corrected chi connectivity index (χ0v) is 9.23. The molecule has 0 saturated carbocycles. The monoisotopic (exact) mass is 219 g/mol. The molecule has 0 spiro atoms. The van der Waals surface area contributed by atoms with Crippen LogP contribution in [0.2, 0.25) is 0 Å². The fourth-order valence-corrected chi connectivity index (χ4v) is 1.36. The molecule has 1 aromatic rings. The summed E-state index contributed by atoms with van der Waals surface area (Å²) in [7, 11) is 1.44. The Balaban J connectivity index is 2.94. The summed E-state index contributed by atoms with van der Waals surface area (Å²) in [6.07, 6.45) is 0.172. The second-order valence-corrected chi connectivity index (χ2v) is 3.51. The second kappa shape index (κ2) is 5.17. The molecule has 16 heavy (non-hydrogen) atoms. The van der Waals surface area contributed by atoms with Crippen LogP contribution < -0.4 is 4.74 Å². The van der Waals surface area contributed by atoms with Gasteiger partial charge < -0.3 is 9.84 Å². The number of nitriles is 1. The van der Waals surface area contributed by atoms with Crippen molar-refractivity contribution in [2.45, 2.75) is 13.3 Å². The lowest BCUT2D eigenvalue weighted by Crippen LogP contribution is -2.10. The lowest BCUT2D eigenvalue weighted by molar-refractivity contribution is 0.0931.